The number of hydrogen-bond acceptors (Lipinski definition) is 5. The molecule has 0 radical (unpaired) electrons. The number of hydrogen-bond donors (Lipinski definition) is 4. The maximum atomic E-state index is 11.2. The molecule has 0 saturated carbocycles. The summed E-state index contributed by atoms with van der Waals surface area (Å²) in [5, 5.41) is 15.0. The largest absolute Gasteiger partial charge is 0.409 e. The van der Waals surface area contributed by atoms with Gasteiger partial charge < -0.3 is 16.3 Å². The fourth-order valence-electron chi connectivity index (χ4n) is 2.02. The smallest absolute Gasteiger partial charge is 0.209 e. The molecule has 0 bridgehead atoms. The van der Waals surface area contributed by atoms with Crippen LogP contribution in [-0.4, -0.2) is 44.3 Å². The second-order valence-electron chi connectivity index (χ2n) is 6.76. The van der Waals surface area contributed by atoms with Crippen LogP contribution in [0.15, 0.2) is 5.16 Å². The average molecular weight is 322 g/mol. The maximum Gasteiger partial charge on any atom is 0.209 e. The molecule has 0 aromatic heterocycles. The van der Waals surface area contributed by atoms with Gasteiger partial charge in [0, 0.05) is 17.5 Å². The first-order valence-corrected chi connectivity index (χ1v) is 8.96. The number of sulfonamides is 1. The number of nitrogens with zero attached hydrogens (tertiary/aromatic N) is 1. The van der Waals surface area contributed by atoms with Gasteiger partial charge in [-0.25, -0.2) is 13.1 Å². The lowest BCUT2D eigenvalue weighted by Crippen LogP contribution is -2.50. The highest BCUT2D eigenvalue weighted by Crippen LogP contribution is 2.23. The molecule has 21 heavy (non-hydrogen) atoms. The fourth-order valence-corrected chi connectivity index (χ4v) is 3.10. The Balaban J connectivity index is 3.93. The number of amidine groups is 1. The number of nitrogens with two attached hydrogens (primary N) is 1. The van der Waals surface area contributed by atoms with Gasteiger partial charge in [-0.05, 0) is 33.2 Å². The van der Waals surface area contributed by atoms with Gasteiger partial charge in [0.25, 0.3) is 0 Å². The highest BCUT2D eigenvalue weighted by molar-refractivity contribution is 7.88. The van der Waals surface area contributed by atoms with E-state index in [2.05, 4.69) is 15.2 Å². The van der Waals surface area contributed by atoms with Crippen LogP contribution in [0.2, 0.25) is 0 Å². The minimum atomic E-state index is -3.20. The molecule has 0 rings (SSSR count). The first kappa shape index (κ1) is 20.1. The second-order valence-corrected chi connectivity index (χ2v) is 8.51. The van der Waals surface area contributed by atoms with Crippen molar-refractivity contribution in [3.8, 4) is 0 Å². The summed E-state index contributed by atoms with van der Waals surface area (Å²) in [6.07, 6.45) is 3.87. The Kier molecular flexibility index (Phi) is 7.63. The lowest BCUT2D eigenvalue weighted by molar-refractivity contribution is 0.304. The molecular weight excluding hydrogens is 292 g/mol. The van der Waals surface area contributed by atoms with Crippen LogP contribution < -0.4 is 15.8 Å². The molecule has 0 saturated heterocycles. The van der Waals surface area contributed by atoms with Crippen LogP contribution in [0.25, 0.3) is 0 Å². The third-order valence-electron chi connectivity index (χ3n) is 3.24. The van der Waals surface area contributed by atoms with Crippen LogP contribution in [0, 0.1) is 5.41 Å². The van der Waals surface area contributed by atoms with Crippen molar-refractivity contribution < 1.29 is 13.6 Å². The molecule has 0 aliphatic rings. The van der Waals surface area contributed by atoms with E-state index in [0.717, 1.165) is 32.1 Å². The topological polar surface area (TPSA) is 117 Å². The van der Waals surface area contributed by atoms with Crippen LogP contribution in [0.4, 0.5) is 0 Å². The molecule has 0 spiro atoms. The van der Waals surface area contributed by atoms with Crippen molar-refractivity contribution in [3.05, 3.63) is 0 Å². The van der Waals surface area contributed by atoms with Crippen LogP contribution in [0.1, 0.15) is 47.0 Å². The summed E-state index contributed by atoms with van der Waals surface area (Å²) in [6.45, 7) is 8.90. The SMILES string of the molecule is CC(C)(CNCCCCC(C)(C)C(N)=NO)NS(C)(=O)=O. The molecule has 0 aliphatic carbocycles. The van der Waals surface area contributed by atoms with E-state index in [-0.39, 0.29) is 11.3 Å². The molecule has 0 amide bonds. The molecule has 0 heterocycles. The average Bonchev–Trinajstić information content (AvgIpc) is 2.29. The van der Waals surface area contributed by atoms with E-state index in [1.807, 2.05) is 27.7 Å². The third kappa shape index (κ3) is 9.65. The zero-order chi connectivity index (χ0) is 16.7. The Morgan fingerprint density at radius 1 is 1.24 bits per heavy atom. The number of unbranched alkanes of at least 4 members (excludes halogenated alkanes) is 1. The summed E-state index contributed by atoms with van der Waals surface area (Å²) in [4.78, 5) is 0. The predicted octanol–water partition coefficient (Wildman–Crippen LogP) is 0.847. The van der Waals surface area contributed by atoms with Crippen molar-refractivity contribution in [3.63, 3.8) is 0 Å². The standard InChI is InChI=1S/C13H30N4O3S/c1-12(2,11(14)16-18)8-6-7-9-15-10-13(3,4)17-21(5,19)20/h15,17-18H,6-10H2,1-5H3,(H2,14,16). The zero-order valence-corrected chi connectivity index (χ0v) is 14.5. The minimum absolute atomic E-state index is 0.244. The molecule has 8 heteroatoms. The molecule has 0 atom stereocenters. The van der Waals surface area contributed by atoms with E-state index in [9.17, 15) is 8.42 Å². The normalized spacial score (nSPS) is 14.4. The third-order valence-corrected chi connectivity index (χ3v) is 4.16. The van der Waals surface area contributed by atoms with E-state index in [0.29, 0.717) is 6.54 Å². The Hall–Kier alpha value is -0.860. The fraction of sp³-hybridized carbons (Fsp3) is 0.923. The lowest BCUT2D eigenvalue weighted by atomic mass is 9.86. The molecule has 7 nitrogen and oxygen atoms in total. The molecule has 0 aromatic carbocycles. The van der Waals surface area contributed by atoms with Gasteiger partial charge in [0.1, 0.15) is 5.84 Å². The summed E-state index contributed by atoms with van der Waals surface area (Å²) in [5.41, 5.74) is 4.80. The zero-order valence-electron chi connectivity index (χ0n) is 13.7. The monoisotopic (exact) mass is 322 g/mol. The first-order chi connectivity index (χ1) is 9.40. The van der Waals surface area contributed by atoms with E-state index >= 15 is 0 Å². The lowest BCUT2D eigenvalue weighted by Gasteiger charge is -2.26. The van der Waals surface area contributed by atoms with Gasteiger partial charge in [-0.3, -0.25) is 0 Å². The quantitative estimate of drug-likeness (QED) is 0.156. The van der Waals surface area contributed by atoms with Gasteiger partial charge in [-0.2, -0.15) is 0 Å². The van der Waals surface area contributed by atoms with Crippen LogP contribution in [0.5, 0.6) is 0 Å². The summed E-state index contributed by atoms with van der Waals surface area (Å²) in [7, 11) is -3.20. The van der Waals surface area contributed by atoms with Crippen molar-refractivity contribution in [2.24, 2.45) is 16.3 Å². The van der Waals surface area contributed by atoms with E-state index in [1.54, 1.807) is 0 Å². The van der Waals surface area contributed by atoms with Crippen molar-refractivity contribution in [1.82, 2.24) is 10.0 Å². The van der Waals surface area contributed by atoms with Gasteiger partial charge in [-0.15, -0.1) is 0 Å². The summed E-state index contributed by atoms with van der Waals surface area (Å²) in [5.74, 6) is 0.244. The van der Waals surface area contributed by atoms with Crippen molar-refractivity contribution >= 4 is 15.9 Å². The Morgan fingerprint density at radius 2 is 1.81 bits per heavy atom. The summed E-state index contributed by atoms with van der Waals surface area (Å²) < 4.78 is 25.0. The van der Waals surface area contributed by atoms with Crippen LogP contribution in [0.3, 0.4) is 0 Å². The molecule has 0 unspecified atom stereocenters. The van der Waals surface area contributed by atoms with Crippen LogP contribution >= 0.6 is 0 Å². The molecular formula is C13H30N4O3S. The second kappa shape index (κ2) is 7.95. The minimum Gasteiger partial charge on any atom is -0.409 e. The van der Waals surface area contributed by atoms with Crippen molar-refractivity contribution in [2.45, 2.75) is 52.5 Å². The molecule has 0 aromatic rings. The van der Waals surface area contributed by atoms with E-state index < -0.39 is 15.6 Å². The number of oxime groups is 1. The van der Waals surface area contributed by atoms with E-state index in [4.69, 9.17) is 10.9 Å². The van der Waals surface area contributed by atoms with Crippen molar-refractivity contribution in [1.29, 1.82) is 0 Å². The molecule has 0 fully saturated rings. The van der Waals surface area contributed by atoms with Crippen molar-refractivity contribution in [2.75, 3.05) is 19.3 Å². The van der Waals surface area contributed by atoms with E-state index in [1.165, 1.54) is 0 Å². The Labute approximate surface area is 128 Å². The predicted molar refractivity (Wildman–Crippen MR) is 86.0 cm³/mol. The van der Waals surface area contributed by atoms with Gasteiger partial charge in [0.2, 0.25) is 10.0 Å². The highest BCUT2D eigenvalue weighted by atomic mass is 32.2. The number of rotatable bonds is 10. The number of nitrogens with one attached hydrogen (secondary N) is 2. The maximum absolute atomic E-state index is 11.2. The molecule has 126 valence electrons. The van der Waals surface area contributed by atoms with Gasteiger partial charge in [0.15, 0.2) is 0 Å². The van der Waals surface area contributed by atoms with Crippen LogP contribution in [-0.2, 0) is 10.0 Å². The highest BCUT2D eigenvalue weighted by Gasteiger charge is 2.23. The Morgan fingerprint density at radius 3 is 2.29 bits per heavy atom. The van der Waals surface area contributed by atoms with Gasteiger partial charge in [0.05, 0.1) is 6.26 Å². The molecule has 5 N–H and O–H groups in total. The summed E-state index contributed by atoms with van der Waals surface area (Å²) >= 11 is 0. The van der Waals surface area contributed by atoms with Gasteiger partial charge >= 0.3 is 0 Å². The molecule has 0 aliphatic heterocycles. The summed E-state index contributed by atoms with van der Waals surface area (Å²) in [6, 6.07) is 0. The van der Waals surface area contributed by atoms with Gasteiger partial charge in [-0.1, -0.05) is 25.4 Å². The Bertz CT molecular complexity index is 444. The first-order valence-electron chi connectivity index (χ1n) is 7.07.